The highest BCUT2D eigenvalue weighted by molar-refractivity contribution is 6.04. The Balaban J connectivity index is 0.796. The number of likely N-dealkylation sites (tertiary alicyclic amines) is 1. The van der Waals surface area contributed by atoms with Gasteiger partial charge in [-0.25, -0.2) is 14.4 Å². The van der Waals surface area contributed by atoms with Gasteiger partial charge in [-0.15, -0.1) is 0 Å². The molecule has 3 aromatic rings. The van der Waals surface area contributed by atoms with Gasteiger partial charge in [0.15, 0.2) is 5.82 Å². The Morgan fingerprint density at radius 1 is 0.949 bits per heavy atom. The van der Waals surface area contributed by atoms with E-state index in [1.165, 1.54) is 6.07 Å². The van der Waals surface area contributed by atoms with Gasteiger partial charge in [0.25, 0.3) is 5.91 Å². The topological polar surface area (TPSA) is 164 Å². The molecule has 16 heteroatoms. The number of halogens is 1. The van der Waals surface area contributed by atoms with E-state index in [-0.39, 0.29) is 36.2 Å². The van der Waals surface area contributed by atoms with Gasteiger partial charge < -0.3 is 30.1 Å². The van der Waals surface area contributed by atoms with Crippen molar-refractivity contribution in [1.82, 2.24) is 30.6 Å². The van der Waals surface area contributed by atoms with E-state index in [0.717, 1.165) is 89.9 Å². The molecule has 0 bridgehead atoms. The van der Waals surface area contributed by atoms with E-state index >= 15 is 0 Å². The maximum absolute atomic E-state index is 15.0. The number of fused-ring (bicyclic) bond motifs is 1. The number of rotatable bonds is 11. The Labute approximate surface area is 344 Å². The van der Waals surface area contributed by atoms with Crippen LogP contribution in [0, 0.1) is 11.7 Å². The highest BCUT2D eigenvalue weighted by atomic mass is 19.1. The summed E-state index contributed by atoms with van der Waals surface area (Å²) in [6.07, 6.45) is 10.6. The van der Waals surface area contributed by atoms with Crippen LogP contribution in [0.15, 0.2) is 42.6 Å². The van der Waals surface area contributed by atoms with E-state index in [0.29, 0.717) is 58.3 Å². The molecule has 5 heterocycles. The molecule has 1 aliphatic carbocycles. The number of carbonyl (C=O) groups excluding carboxylic acids is 4. The molecule has 1 unspecified atom stereocenters. The molecule has 4 fully saturated rings. The predicted octanol–water partition coefficient (Wildman–Crippen LogP) is 4.94. The van der Waals surface area contributed by atoms with Crippen molar-refractivity contribution in [1.29, 1.82) is 0 Å². The number of ether oxygens (including phenoxy) is 1. The number of nitrogens with zero attached hydrogens (tertiary/aromatic N) is 6. The number of anilines is 5. The van der Waals surface area contributed by atoms with E-state index in [4.69, 9.17) is 9.72 Å². The van der Waals surface area contributed by atoms with Gasteiger partial charge in [0.2, 0.25) is 23.7 Å². The van der Waals surface area contributed by atoms with Gasteiger partial charge >= 0.3 is 0 Å². The lowest BCUT2D eigenvalue weighted by Crippen LogP contribution is -2.54. The Morgan fingerprint density at radius 2 is 1.71 bits per heavy atom. The third-order valence-electron chi connectivity index (χ3n) is 13.0. The Bertz CT molecular complexity index is 2060. The summed E-state index contributed by atoms with van der Waals surface area (Å²) in [5, 5.41) is 11.0. The molecule has 15 nitrogen and oxygen atoms in total. The lowest BCUT2D eigenvalue weighted by atomic mass is 9.90. The van der Waals surface area contributed by atoms with Crippen LogP contribution in [0.3, 0.4) is 0 Å². The van der Waals surface area contributed by atoms with E-state index in [1.807, 2.05) is 18.0 Å². The first-order valence-corrected chi connectivity index (χ1v) is 21.1. The summed E-state index contributed by atoms with van der Waals surface area (Å²) < 4.78 is 20.7. The van der Waals surface area contributed by atoms with Crippen LogP contribution in [0.25, 0.3) is 0 Å². The van der Waals surface area contributed by atoms with Crippen LogP contribution in [0.5, 0.6) is 5.75 Å². The zero-order valence-electron chi connectivity index (χ0n) is 34.1. The van der Waals surface area contributed by atoms with Crippen LogP contribution < -0.4 is 35.9 Å². The summed E-state index contributed by atoms with van der Waals surface area (Å²) >= 11 is 0. The summed E-state index contributed by atoms with van der Waals surface area (Å²) in [4.78, 5) is 66.0. The maximum Gasteiger partial charge on any atom is 0.265 e. The second kappa shape index (κ2) is 17.5. The van der Waals surface area contributed by atoms with Gasteiger partial charge in [-0.05, 0) is 101 Å². The third-order valence-corrected chi connectivity index (χ3v) is 13.0. The number of imide groups is 1. The van der Waals surface area contributed by atoms with E-state index < -0.39 is 17.6 Å². The molecule has 2 aromatic carbocycles. The minimum Gasteiger partial charge on any atom is -0.495 e. The van der Waals surface area contributed by atoms with Gasteiger partial charge in [-0.2, -0.15) is 4.98 Å². The molecule has 8 rings (SSSR count). The van der Waals surface area contributed by atoms with Crippen LogP contribution in [0.1, 0.15) is 93.0 Å². The van der Waals surface area contributed by atoms with Crippen LogP contribution >= 0.6 is 0 Å². The molecular formula is C43H55FN10O5. The Hall–Kier alpha value is -5.35. The van der Waals surface area contributed by atoms with E-state index in [2.05, 4.69) is 36.2 Å². The fourth-order valence-corrected chi connectivity index (χ4v) is 9.53. The summed E-state index contributed by atoms with van der Waals surface area (Å²) in [6, 6.07) is 10.6. The number of hydrogen-bond donors (Lipinski definition) is 4. The van der Waals surface area contributed by atoms with Crippen LogP contribution in [-0.4, -0.2) is 109 Å². The van der Waals surface area contributed by atoms with Gasteiger partial charge in [0.05, 0.1) is 24.9 Å². The molecule has 5 aliphatic rings. The van der Waals surface area contributed by atoms with Crippen molar-refractivity contribution < 1.29 is 28.3 Å². The minimum atomic E-state index is -0.640. The molecule has 314 valence electrons. The first kappa shape index (κ1) is 40.4. The summed E-state index contributed by atoms with van der Waals surface area (Å²) in [5.74, 6) is 0.0943. The van der Waals surface area contributed by atoms with E-state index in [1.54, 1.807) is 49.5 Å². The average molecular weight is 811 g/mol. The number of methoxy groups -OCH3 is 1. The van der Waals surface area contributed by atoms with Crippen LogP contribution in [0.4, 0.5) is 33.2 Å². The van der Waals surface area contributed by atoms with Gasteiger partial charge in [-0.3, -0.25) is 29.9 Å². The number of hydrazine groups is 1. The largest absolute Gasteiger partial charge is 0.495 e. The van der Waals surface area contributed by atoms with Gasteiger partial charge in [-0.1, -0.05) is 18.9 Å². The monoisotopic (exact) mass is 810 g/mol. The second-order valence-corrected chi connectivity index (χ2v) is 16.6. The smallest absolute Gasteiger partial charge is 0.265 e. The lowest BCUT2D eigenvalue weighted by Gasteiger charge is -2.42. The van der Waals surface area contributed by atoms with Crippen molar-refractivity contribution in [2.75, 3.05) is 67.3 Å². The number of aromatic nitrogens is 2. The number of likely N-dealkylation sites (N-methyl/N-ethyl adjacent to an activating group) is 1. The van der Waals surface area contributed by atoms with Gasteiger partial charge in [0.1, 0.15) is 23.3 Å². The quantitative estimate of drug-likeness (QED) is 0.194. The number of carbonyl (C=O) groups is 4. The molecular weight excluding hydrogens is 756 g/mol. The summed E-state index contributed by atoms with van der Waals surface area (Å²) in [6.45, 7) is 6.19. The number of benzene rings is 2. The molecule has 1 saturated carbocycles. The normalized spacial score (nSPS) is 22.6. The molecule has 0 radical (unpaired) electrons. The van der Waals surface area contributed by atoms with Crippen molar-refractivity contribution in [2.45, 2.75) is 95.2 Å². The summed E-state index contributed by atoms with van der Waals surface area (Å²) in [7, 11) is 3.33. The average Bonchev–Trinajstić information content (AvgIpc) is 3.78. The van der Waals surface area contributed by atoms with Crippen molar-refractivity contribution in [3.63, 3.8) is 0 Å². The zero-order valence-corrected chi connectivity index (χ0v) is 34.1. The van der Waals surface area contributed by atoms with Crippen molar-refractivity contribution in [3.8, 4) is 5.75 Å². The van der Waals surface area contributed by atoms with E-state index in [9.17, 15) is 23.6 Å². The molecule has 2 atom stereocenters. The maximum atomic E-state index is 15.0. The Kier molecular flexibility index (Phi) is 12.0. The molecule has 4 aliphatic heterocycles. The van der Waals surface area contributed by atoms with Crippen LogP contribution in [-0.2, 0) is 14.4 Å². The number of nitrogens with one attached hydrogen (secondary N) is 4. The minimum absolute atomic E-state index is 0.0338. The number of piperidine rings is 3. The van der Waals surface area contributed by atoms with Crippen molar-refractivity contribution in [3.05, 3.63) is 59.5 Å². The SMILES string of the molecule is COc1cc(C(=O)NN2CCC(N3CCC(CNc4ccc(C5CCC(=O)NC5=O)c(F)c4)CC3)CC2)ccc1Nc1ncc2c(n1)N(C1CCCC1)[C@H](C)C(=O)N2C. The fraction of sp³-hybridized carbons (Fsp3) is 0.535. The molecule has 59 heavy (non-hydrogen) atoms. The van der Waals surface area contributed by atoms with Crippen molar-refractivity contribution in [2.24, 2.45) is 5.92 Å². The van der Waals surface area contributed by atoms with Gasteiger partial charge in [0, 0.05) is 62.0 Å². The fourth-order valence-electron chi connectivity index (χ4n) is 9.53. The number of amides is 4. The Morgan fingerprint density at radius 3 is 2.42 bits per heavy atom. The summed E-state index contributed by atoms with van der Waals surface area (Å²) in [5.41, 5.74) is 5.91. The standard InChI is InChI=1S/C43H55FN10O5/c1-26-42(58)51(2)36-25-46-43(49-39(36)54(26)31-6-4-5-7-31)47-35-12-8-28(22-37(35)59-3)40(56)50-53-20-16-30(17-21-53)52-18-14-27(15-19-52)24-45-29-9-10-32(34(44)23-29)33-11-13-38(55)48-41(33)57/h8-10,12,22-23,25-27,30-31,33,45H,4-7,11,13-21,24H2,1-3H3,(H,50,56)(H,46,47,49)(H,48,55,57)/t26-,33?/m1/s1. The molecule has 4 N–H and O–H groups in total. The highest BCUT2D eigenvalue weighted by Gasteiger charge is 2.40. The third kappa shape index (κ3) is 8.69. The van der Waals surface area contributed by atoms with Crippen molar-refractivity contribution >= 4 is 52.5 Å². The zero-order chi connectivity index (χ0) is 41.2. The molecule has 1 aromatic heterocycles. The highest BCUT2D eigenvalue weighted by Crippen LogP contribution is 2.40. The van der Waals surface area contributed by atoms with Crippen LogP contribution in [0.2, 0.25) is 0 Å². The molecule has 3 saturated heterocycles. The molecule has 0 spiro atoms. The number of hydrogen-bond acceptors (Lipinski definition) is 12. The second-order valence-electron chi connectivity index (χ2n) is 16.6. The first-order chi connectivity index (χ1) is 28.6. The lowest BCUT2D eigenvalue weighted by molar-refractivity contribution is -0.134. The molecule has 4 amide bonds. The first-order valence-electron chi connectivity index (χ1n) is 21.1. The predicted molar refractivity (Wildman–Crippen MR) is 222 cm³/mol.